The van der Waals surface area contributed by atoms with Crippen molar-refractivity contribution in [1.29, 1.82) is 0 Å². The van der Waals surface area contributed by atoms with E-state index in [1.165, 1.54) is 0 Å². The maximum atomic E-state index is 13.1. The van der Waals surface area contributed by atoms with E-state index in [2.05, 4.69) is 28.5 Å². The third kappa shape index (κ3) is 2.70. The van der Waals surface area contributed by atoms with Crippen molar-refractivity contribution in [3.63, 3.8) is 0 Å². The second kappa shape index (κ2) is 6.33. The standard InChI is InChI=1S/C18H22N6O/c1-12-9-15-17(22-21-12)14-4-3-13(23-8-6-20-11-23)10-16(14)24(18(15)25)7-2-5-19/h3-4,6,8,10-12,15,21H,2,5,7,9,19H2,1H3. The molecule has 0 radical (unpaired) electrons. The van der Waals surface area contributed by atoms with Gasteiger partial charge in [0.25, 0.3) is 0 Å². The molecule has 4 rings (SSSR count). The van der Waals surface area contributed by atoms with Crippen LogP contribution in [0.3, 0.4) is 0 Å². The lowest BCUT2D eigenvalue weighted by molar-refractivity contribution is -0.121. The molecule has 2 aromatic rings. The number of carbonyl (C=O) groups is 1. The third-order valence-electron chi connectivity index (χ3n) is 4.83. The fourth-order valence-corrected chi connectivity index (χ4v) is 3.56. The van der Waals surface area contributed by atoms with Gasteiger partial charge in [0.15, 0.2) is 0 Å². The number of hydrogen-bond acceptors (Lipinski definition) is 5. The maximum Gasteiger partial charge on any atom is 0.236 e. The number of nitrogens with one attached hydrogen (secondary N) is 1. The molecule has 7 nitrogen and oxygen atoms in total. The van der Waals surface area contributed by atoms with Crippen molar-refractivity contribution in [2.45, 2.75) is 25.8 Å². The summed E-state index contributed by atoms with van der Waals surface area (Å²) in [4.78, 5) is 19.1. The maximum absolute atomic E-state index is 13.1. The first-order valence-electron chi connectivity index (χ1n) is 8.66. The molecule has 0 spiro atoms. The number of hydrazone groups is 1. The first-order valence-corrected chi connectivity index (χ1v) is 8.66. The van der Waals surface area contributed by atoms with Crippen LogP contribution in [-0.4, -0.2) is 40.3 Å². The monoisotopic (exact) mass is 338 g/mol. The van der Waals surface area contributed by atoms with Gasteiger partial charge in [-0.05, 0) is 44.5 Å². The third-order valence-corrected chi connectivity index (χ3v) is 4.83. The van der Waals surface area contributed by atoms with Crippen LogP contribution in [0.25, 0.3) is 5.69 Å². The SMILES string of the molecule is CC1CC2C(=O)N(CCCN)c3cc(-n4ccnc4)ccc3C2=NN1. The number of hydrogen-bond donors (Lipinski definition) is 2. The molecule has 3 N–H and O–H groups in total. The van der Waals surface area contributed by atoms with Gasteiger partial charge in [-0.2, -0.15) is 5.10 Å². The highest BCUT2D eigenvalue weighted by atomic mass is 16.2. The Morgan fingerprint density at radius 3 is 3.04 bits per heavy atom. The Kier molecular flexibility index (Phi) is 4.01. The van der Waals surface area contributed by atoms with E-state index in [1.807, 2.05) is 27.8 Å². The smallest absolute Gasteiger partial charge is 0.236 e. The zero-order valence-corrected chi connectivity index (χ0v) is 14.2. The van der Waals surface area contributed by atoms with Crippen LogP contribution in [0.1, 0.15) is 25.3 Å². The molecule has 2 unspecified atom stereocenters. The second-order valence-corrected chi connectivity index (χ2v) is 6.62. The van der Waals surface area contributed by atoms with Crippen LogP contribution in [0.2, 0.25) is 0 Å². The fourth-order valence-electron chi connectivity index (χ4n) is 3.56. The van der Waals surface area contributed by atoms with Crippen LogP contribution in [0.15, 0.2) is 42.0 Å². The van der Waals surface area contributed by atoms with Gasteiger partial charge in [-0.25, -0.2) is 4.98 Å². The molecule has 2 atom stereocenters. The molecule has 0 saturated heterocycles. The molecule has 0 fully saturated rings. The van der Waals surface area contributed by atoms with E-state index in [0.29, 0.717) is 13.1 Å². The average molecular weight is 338 g/mol. The molecule has 130 valence electrons. The highest BCUT2D eigenvalue weighted by Gasteiger charge is 2.40. The van der Waals surface area contributed by atoms with Gasteiger partial charge in [0.2, 0.25) is 5.91 Å². The Bertz CT molecular complexity index is 813. The summed E-state index contributed by atoms with van der Waals surface area (Å²) >= 11 is 0. The molecule has 7 heteroatoms. The fraction of sp³-hybridized carbons (Fsp3) is 0.389. The van der Waals surface area contributed by atoms with E-state index >= 15 is 0 Å². The number of carbonyl (C=O) groups excluding carboxylic acids is 1. The molecule has 25 heavy (non-hydrogen) atoms. The topological polar surface area (TPSA) is 88.5 Å². The number of imidazole rings is 1. The van der Waals surface area contributed by atoms with Gasteiger partial charge >= 0.3 is 0 Å². The van der Waals surface area contributed by atoms with Gasteiger partial charge < -0.3 is 20.6 Å². The van der Waals surface area contributed by atoms with Gasteiger partial charge in [-0.1, -0.05) is 0 Å². The molecular weight excluding hydrogens is 316 g/mol. The largest absolute Gasteiger partial charge is 0.330 e. The minimum absolute atomic E-state index is 0.121. The number of nitrogens with zero attached hydrogens (tertiary/aromatic N) is 4. The Hall–Kier alpha value is -2.67. The minimum atomic E-state index is -0.180. The summed E-state index contributed by atoms with van der Waals surface area (Å²) < 4.78 is 1.93. The molecule has 1 aromatic heterocycles. The van der Waals surface area contributed by atoms with Gasteiger partial charge in [-0.3, -0.25) is 4.79 Å². The van der Waals surface area contributed by atoms with Crippen LogP contribution < -0.4 is 16.1 Å². The lowest BCUT2D eigenvalue weighted by Gasteiger charge is -2.38. The summed E-state index contributed by atoms with van der Waals surface area (Å²) in [6.07, 6.45) is 6.91. The first-order chi connectivity index (χ1) is 12.2. The Morgan fingerprint density at radius 2 is 2.28 bits per heavy atom. The normalized spacial score (nSPS) is 22.1. The van der Waals surface area contributed by atoms with Crippen molar-refractivity contribution in [3.8, 4) is 5.69 Å². The Balaban J connectivity index is 1.82. The van der Waals surface area contributed by atoms with Crippen LogP contribution in [0.5, 0.6) is 0 Å². The van der Waals surface area contributed by atoms with Crippen LogP contribution in [0, 0.1) is 5.92 Å². The molecular formula is C18H22N6O. The Labute approximate surface area is 146 Å². The number of aromatic nitrogens is 2. The second-order valence-electron chi connectivity index (χ2n) is 6.62. The lowest BCUT2D eigenvalue weighted by atomic mass is 9.84. The summed E-state index contributed by atoms with van der Waals surface area (Å²) in [7, 11) is 0. The van der Waals surface area contributed by atoms with E-state index in [9.17, 15) is 4.79 Å². The number of benzene rings is 1. The van der Waals surface area contributed by atoms with Crippen molar-refractivity contribution in [2.75, 3.05) is 18.0 Å². The van der Waals surface area contributed by atoms with Gasteiger partial charge in [0, 0.05) is 36.2 Å². The van der Waals surface area contributed by atoms with Crippen LogP contribution >= 0.6 is 0 Å². The molecule has 1 aromatic carbocycles. The summed E-state index contributed by atoms with van der Waals surface area (Å²) in [6, 6.07) is 6.31. The average Bonchev–Trinajstić information content (AvgIpc) is 3.16. The molecule has 0 aliphatic carbocycles. The van der Waals surface area contributed by atoms with Crippen molar-refractivity contribution < 1.29 is 4.79 Å². The number of fused-ring (bicyclic) bond motifs is 3. The Morgan fingerprint density at radius 1 is 1.40 bits per heavy atom. The minimum Gasteiger partial charge on any atom is -0.330 e. The molecule has 2 aliphatic heterocycles. The van der Waals surface area contributed by atoms with E-state index in [0.717, 1.165) is 35.5 Å². The number of anilines is 1. The zero-order valence-electron chi connectivity index (χ0n) is 14.2. The van der Waals surface area contributed by atoms with Gasteiger partial charge in [0.05, 0.1) is 23.6 Å². The zero-order chi connectivity index (χ0) is 17.4. The summed E-state index contributed by atoms with van der Waals surface area (Å²) in [5.74, 6) is -0.0588. The number of amides is 1. The van der Waals surface area contributed by atoms with E-state index in [-0.39, 0.29) is 17.9 Å². The summed E-state index contributed by atoms with van der Waals surface area (Å²) in [6.45, 7) is 3.24. The molecule has 3 heterocycles. The van der Waals surface area contributed by atoms with Crippen molar-refractivity contribution in [1.82, 2.24) is 15.0 Å². The quantitative estimate of drug-likeness (QED) is 0.879. The molecule has 0 saturated carbocycles. The summed E-state index contributed by atoms with van der Waals surface area (Å²) in [5, 5.41) is 4.51. The van der Waals surface area contributed by atoms with Gasteiger partial charge in [-0.15, -0.1) is 0 Å². The number of rotatable bonds is 4. The van der Waals surface area contributed by atoms with Crippen molar-refractivity contribution in [3.05, 3.63) is 42.5 Å². The van der Waals surface area contributed by atoms with Gasteiger partial charge in [0.1, 0.15) is 0 Å². The van der Waals surface area contributed by atoms with Crippen LogP contribution in [-0.2, 0) is 4.79 Å². The molecule has 0 bridgehead atoms. The molecule has 1 amide bonds. The van der Waals surface area contributed by atoms with Crippen molar-refractivity contribution in [2.24, 2.45) is 16.8 Å². The van der Waals surface area contributed by atoms with E-state index in [4.69, 9.17) is 5.73 Å². The highest BCUT2D eigenvalue weighted by molar-refractivity contribution is 6.24. The molecule has 2 aliphatic rings. The van der Waals surface area contributed by atoms with Crippen LogP contribution in [0.4, 0.5) is 5.69 Å². The van der Waals surface area contributed by atoms with Crippen molar-refractivity contribution >= 4 is 17.3 Å². The predicted molar refractivity (Wildman–Crippen MR) is 96.8 cm³/mol. The highest BCUT2D eigenvalue weighted by Crippen LogP contribution is 2.36. The predicted octanol–water partition coefficient (Wildman–Crippen LogP) is 1.27. The lowest BCUT2D eigenvalue weighted by Crippen LogP contribution is -2.50. The number of nitrogens with two attached hydrogens (primary N) is 1. The summed E-state index contributed by atoms with van der Waals surface area (Å²) in [5.41, 5.74) is 12.5. The van der Waals surface area contributed by atoms with E-state index in [1.54, 1.807) is 12.5 Å². The first kappa shape index (κ1) is 15.8. The van der Waals surface area contributed by atoms with E-state index < -0.39 is 0 Å².